The van der Waals surface area contributed by atoms with Crippen LogP contribution in [0.3, 0.4) is 0 Å². The molecule has 0 amide bonds. The first-order valence-electron chi connectivity index (χ1n) is 6.17. The molecule has 2 N–H and O–H groups in total. The molecule has 0 atom stereocenters. The van der Waals surface area contributed by atoms with Gasteiger partial charge < -0.3 is 10.4 Å². The van der Waals surface area contributed by atoms with Crippen molar-refractivity contribution in [3.05, 3.63) is 34.8 Å². The number of aromatic nitrogens is 1. The van der Waals surface area contributed by atoms with Gasteiger partial charge in [0.1, 0.15) is 5.82 Å². The van der Waals surface area contributed by atoms with Crippen molar-refractivity contribution in [2.75, 3.05) is 11.9 Å². The minimum atomic E-state index is -0.518. The van der Waals surface area contributed by atoms with Crippen LogP contribution in [0, 0.1) is 0 Å². The number of hydrogen-bond acceptors (Lipinski definition) is 3. The highest BCUT2D eigenvalue weighted by atomic mass is 79.9. The number of rotatable bonds is 3. The zero-order valence-electron chi connectivity index (χ0n) is 9.99. The van der Waals surface area contributed by atoms with Gasteiger partial charge in [-0.25, -0.2) is 4.98 Å². The van der Waals surface area contributed by atoms with Gasteiger partial charge in [-0.1, -0.05) is 15.9 Å². The number of aliphatic hydroxyl groups is 1. The van der Waals surface area contributed by atoms with Crippen molar-refractivity contribution < 1.29 is 5.11 Å². The van der Waals surface area contributed by atoms with Crippen LogP contribution in [-0.4, -0.2) is 22.2 Å². The summed E-state index contributed by atoms with van der Waals surface area (Å²) in [7, 11) is 0. The second-order valence-corrected chi connectivity index (χ2v) is 5.88. The number of nitrogens with zero attached hydrogens (tertiary/aromatic N) is 1. The lowest BCUT2D eigenvalue weighted by Crippen LogP contribution is -2.43. The van der Waals surface area contributed by atoms with E-state index in [4.69, 9.17) is 0 Å². The first-order chi connectivity index (χ1) is 8.65. The summed E-state index contributed by atoms with van der Waals surface area (Å²) in [6.45, 7) is 0.585. The van der Waals surface area contributed by atoms with E-state index in [0.717, 1.165) is 40.5 Å². The maximum absolute atomic E-state index is 10.0. The first kappa shape index (κ1) is 11.9. The molecule has 1 aromatic heterocycles. The third kappa shape index (κ3) is 2.35. The smallest absolute Gasteiger partial charge is 0.126 e. The number of anilines is 1. The van der Waals surface area contributed by atoms with Gasteiger partial charge in [0.2, 0.25) is 0 Å². The lowest BCUT2D eigenvalue weighted by molar-refractivity contribution is -0.0202. The highest BCUT2D eigenvalue weighted by molar-refractivity contribution is 9.10. The molecule has 0 radical (unpaired) electrons. The van der Waals surface area contributed by atoms with Gasteiger partial charge in [0.15, 0.2) is 0 Å². The molecule has 0 bridgehead atoms. The number of pyridine rings is 1. The van der Waals surface area contributed by atoms with Gasteiger partial charge in [-0.3, -0.25) is 0 Å². The summed E-state index contributed by atoms with van der Waals surface area (Å²) in [5, 5.41) is 14.4. The molecule has 0 saturated heterocycles. The van der Waals surface area contributed by atoms with Crippen LogP contribution in [0.1, 0.15) is 19.3 Å². The van der Waals surface area contributed by atoms with E-state index < -0.39 is 5.60 Å². The van der Waals surface area contributed by atoms with Crippen molar-refractivity contribution in [3.8, 4) is 0 Å². The Morgan fingerprint density at radius 3 is 2.83 bits per heavy atom. The average Bonchev–Trinajstić information content (AvgIpc) is 2.34. The molecule has 1 aromatic carbocycles. The molecular weight excluding hydrogens is 292 g/mol. The summed E-state index contributed by atoms with van der Waals surface area (Å²) in [6, 6.07) is 10.0. The second-order valence-electron chi connectivity index (χ2n) is 4.96. The topological polar surface area (TPSA) is 45.1 Å². The molecule has 0 spiro atoms. The monoisotopic (exact) mass is 306 g/mol. The molecule has 1 heterocycles. The number of hydrogen-bond donors (Lipinski definition) is 2. The minimum absolute atomic E-state index is 0.518. The molecule has 4 heteroatoms. The Morgan fingerprint density at radius 1 is 1.28 bits per heavy atom. The third-order valence-electron chi connectivity index (χ3n) is 3.53. The van der Waals surface area contributed by atoms with Gasteiger partial charge in [-0.05, 0) is 49.6 Å². The second kappa shape index (κ2) is 4.52. The van der Waals surface area contributed by atoms with E-state index in [2.05, 4.69) is 26.2 Å². The molecule has 94 valence electrons. The Morgan fingerprint density at radius 2 is 2.11 bits per heavy atom. The van der Waals surface area contributed by atoms with E-state index in [1.165, 1.54) is 0 Å². The Balaban J connectivity index is 1.78. The van der Waals surface area contributed by atoms with E-state index in [9.17, 15) is 5.11 Å². The predicted molar refractivity (Wildman–Crippen MR) is 76.7 cm³/mol. The lowest BCUT2D eigenvalue weighted by Gasteiger charge is -2.36. The fourth-order valence-electron chi connectivity index (χ4n) is 2.21. The number of halogens is 1. The molecule has 3 rings (SSSR count). The summed E-state index contributed by atoms with van der Waals surface area (Å²) in [5.41, 5.74) is 0.444. The summed E-state index contributed by atoms with van der Waals surface area (Å²) in [5.74, 6) is 0.824. The molecule has 0 aliphatic heterocycles. The van der Waals surface area contributed by atoms with Gasteiger partial charge in [0.05, 0.1) is 11.1 Å². The quantitative estimate of drug-likeness (QED) is 0.914. The average molecular weight is 307 g/mol. The van der Waals surface area contributed by atoms with Crippen molar-refractivity contribution in [1.82, 2.24) is 4.98 Å². The van der Waals surface area contributed by atoms with Crippen molar-refractivity contribution >= 4 is 32.7 Å². The van der Waals surface area contributed by atoms with Crippen LogP contribution in [0.5, 0.6) is 0 Å². The first-order valence-corrected chi connectivity index (χ1v) is 6.97. The highest BCUT2D eigenvalue weighted by Crippen LogP contribution is 2.31. The van der Waals surface area contributed by atoms with Crippen molar-refractivity contribution in [1.29, 1.82) is 0 Å². The van der Waals surface area contributed by atoms with Gasteiger partial charge >= 0.3 is 0 Å². The van der Waals surface area contributed by atoms with E-state index in [1.807, 2.05) is 30.3 Å². The number of nitrogens with one attached hydrogen (secondary N) is 1. The van der Waals surface area contributed by atoms with E-state index in [-0.39, 0.29) is 0 Å². The molecule has 18 heavy (non-hydrogen) atoms. The lowest BCUT2D eigenvalue weighted by atomic mass is 9.80. The van der Waals surface area contributed by atoms with Crippen molar-refractivity contribution in [2.24, 2.45) is 0 Å². The standard InChI is InChI=1S/C14H15BrN2O/c15-11-3-4-12-10(8-11)2-5-13(17-12)16-9-14(18)6-1-7-14/h2-5,8,18H,1,6-7,9H2,(H,16,17). The predicted octanol–water partition coefficient (Wildman–Crippen LogP) is 3.32. The van der Waals surface area contributed by atoms with Crippen LogP contribution in [0.25, 0.3) is 10.9 Å². The molecule has 1 fully saturated rings. The third-order valence-corrected chi connectivity index (χ3v) is 4.03. The molecule has 1 aliphatic carbocycles. The van der Waals surface area contributed by atoms with Crippen LogP contribution in [0.15, 0.2) is 34.8 Å². The molecule has 1 saturated carbocycles. The number of fused-ring (bicyclic) bond motifs is 1. The normalized spacial score (nSPS) is 17.4. The summed E-state index contributed by atoms with van der Waals surface area (Å²) < 4.78 is 1.06. The molecule has 2 aromatic rings. The van der Waals surface area contributed by atoms with Crippen LogP contribution in [0.4, 0.5) is 5.82 Å². The Hall–Kier alpha value is -1.13. The van der Waals surface area contributed by atoms with Crippen molar-refractivity contribution in [3.63, 3.8) is 0 Å². The van der Waals surface area contributed by atoms with E-state index >= 15 is 0 Å². The fourth-order valence-corrected chi connectivity index (χ4v) is 2.59. The summed E-state index contributed by atoms with van der Waals surface area (Å²) >= 11 is 3.45. The maximum atomic E-state index is 10.0. The zero-order valence-corrected chi connectivity index (χ0v) is 11.6. The Kier molecular flexibility index (Phi) is 2.99. The summed E-state index contributed by atoms with van der Waals surface area (Å²) in [6.07, 6.45) is 2.90. The largest absolute Gasteiger partial charge is 0.388 e. The maximum Gasteiger partial charge on any atom is 0.126 e. The van der Waals surface area contributed by atoms with Crippen LogP contribution in [-0.2, 0) is 0 Å². The minimum Gasteiger partial charge on any atom is -0.388 e. The SMILES string of the molecule is OC1(CNc2ccc3cc(Br)ccc3n2)CCC1. The molecule has 1 aliphatic rings. The molecular formula is C14H15BrN2O. The van der Waals surface area contributed by atoms with Gasteiger partial charge in [0.25, 0.3) is 0 Å². The highest BCUT2D eigenvalue weighted by Gasteiger charge is 2.33. The van der Waals surface area contributed by atoms with E-state index in [0.29, 0.717) is 6.54 Å². The van der Waals surface area contributed by atoms with Crippen LogP contribution >= 0.6 is 15.9 Å². The Bertz CT molecular complexity index is 581. The summed E-state index contributed by atoms with van der Waals surface area (Å²) in [4.78, 5) is 4.53. The van der Waals surface area contributed by atoms with Gasteiger partial charge in [-0.15, -0.1) is 0 Å². The zero-order chi connectivity index (χ0) is 12.6. The fraction of sp³-hybridized carbons (Fsp3) is 0.357. The Labute approximate surface area is 114 Å². The van der Waals surface area contributed by atoms with Crippen LogP contribution in [0.2, 0.25) is 0 Å². The van der Waals surface area contributed by atoms with Crippen LogP contribution < -0.4 is 5.32 Å². The molecule has 3 nitrogen and oxygen atoms in total. The molecule has 0 unspecified atom stereocenters. The van der Waals surface area contributed by atoms with Crippen molar-refractivity contribution in [2.45, 2.75) is 24.9 Å². The van der Waals surface area contributed by atoms with Gasteiger partial charge in [0, 0.05) is 16.4 Å². The number of benzene rings is 1. The van der Waals surface area contributed by atoms with Gasteiger partial charge in [-0.2, -0.15) is 0 Å². The van der Waals surface area contributed by atoms with E-state index in [1.54, 1.807) is 0 Å².